The summed E-state index contributed by atoms with van der Waals surface area (Å²) in [5, 5.41) is 9.98. The quantitative estimate of drug-likeness (QED) is 0.546. The van der Waals surface area contributed by atoms with E-state index < -0.39 is 0 Å². The number of amides is 1. The van der Waals surface area contributed by atoms with E-state index in [4.69, 9.17) is 4.42 Å². The normalized spacial score (nSPS) is 10.8. The Bertz CT molecular complexity index is 1200. The average Bonchev–Trinajstić information content (AvgIpc) is 3.28. The Labute approximate surface area is 164 Å². The van der Waals surface area contributed by atoms with Gasteiger partial charge in [0, 0.05) is 17.3 Å². The number of hydrogen-bond donors (Lipinski definition) is 2. The molecule has 0 aliphatic rings. The summed E-state index contributed by atoms with van der Waals surface area (Å²) in [5.41, 5.74) is 2.39. The van der Waals surface area contributed by atoms with Gasteiger partial charge < -0.3 is 9.73 Å². The van der Waals surface area contributed by atoms with Crippen molar-refractivity contribution >= 4 is 22.9 Å². The van der Waals surface area contributed by atoms with Crippen LogP contribution in [-0.2, 0) is 0 Å². The highest BCUT2D eigenvalue weighted by atomic mass is 32.1. The van der Waals surface area contributed by atoms with Gasteiger partial charge in [0.2, 0.25) is 0 Å². The minimum Gasteiger partial charge on any atom is -0.459 e. The molecular weight excluding hydrogens is 376 g/mol. The molecule has 0 radical (unpaired) electrons. The minimum atomic E-state index is -0.267. The number of anilines is 1. The number of carbonyl (C=O) groups excluding carboxylic acids is 1. The van der Waals surface area contributed by atoms with Gasteiger partial charge in [-0.1, -0.05) is 12.1 Å². The summed E-state index contributed by atoms with van der Waals surface area (Å²) in [6, 6.07) is 14.0. The molecule has 0 unspecified atom stereocenters. The van der Waals surface area contributed by atoms with Crippen molar-refractivity contribution in [2.45, 2.75) is 13.8 Å². The van der Waals surface area contributed by atoms with Crippen molar-refractivity contribution in [3.05, 3.63) is 75.2 Å². The lowest BCUT2D eigenvalue weighted by atomic mass is 10.1. The predicted molar refractivity (Wildman–Crippen MR) is 108 cm³/mol. The fourth-order valence-corrected chi connectivity index (χ4v) is 3.63. The van der Waals surface area contributed by atoms with E-state index in [2.05, 4.69) is 20.5 Å². The van der Waals surface area contributed by atoms with Crippen LogP contribution >= 0.6 is 11.3 Å². The number of aryl methyl sites for hydroxylation is 2. The Morgan fingerprint density at radius 1 is 1.14 bits per heavy atom. The Kier molecular flexibility index (Phi) is 4.62. The van der Waals surface area contributed by atoms with Crippen molar-refractivity contribution in [1.29, 1.82) is 0 Å². The number of nitrogens with one attached hydrogen (secondary N) is 2. The van der Waals surface area contributed by atoms with Gasteiger partial charge in [0.15, 0.2) is 10.8 Å². The molecule has 3 aromatic heterocycles. The first-order chi connectivity index (χ1) is 13.5. The molecule has 2 N–H and O–H groups in total. The molecule has 28 heavy (non-hydrogen) atoms. The maximum atomic E-state index is 12.7. The van der Waals surface area contributed by atoms with Gasteiger partial charge >= 0.3 is 0 Å². The Hall–Kier alpha value is -3.52. The number of aromatic amines is 1. The molecule has 4 aromatic rings. The van der Waals surface area contributed by atoms with E-state index in [9.17, 15) is 9.59 Å². The third-order valence-corrected chi connectivity index (χ3v) is 5.22. The molecule has 7 nitrogen and oxygen atoms in total. The maximum Gasteiger partial charge on any atom is 0.267 e. The van der Waals surface area contributed by atoms with Crippen LogP contribution in [0.4, 0.5) is 5.69 Å². The number of carbonyl (C=O) groups is 1. The van der Waals surface area contributed by atoms with Crippen molar-refractivity contribution < 1.29 is 9.21 Å². The lowest BCUT2D eigenvalue weighted by molar-refractivity contribution is 0.103. The molecule has 0 bridgehead atoms. The highest BCUT2D eigenvalue weighted by Crippen LogP contribution is 2.30. The summed E-state index contributed by atoms with van der Waals surface area (Å²) in [6.07, 6.45) is 0. The van der Waals surface area contributed by atoms with Gasteiger partial charge in [-0.05, 0) is 44.2 Å². The summed E-state index contributed by atoms with van der Waals surface area (Å²) in [7, 11) is 0. The Morgan fingerprint density at radius 2 is 2.00 bits per heavy atom. The van der Waals surface area contributed by atoms with E-state index in [-0.39, 0.29) is 11.5 Å². The molecule has 1 amide bonds. The molecule has 0 atom stereocenters. The fraction of sp³-hybridized carbons (Fsp3) is 0.100. The molecule has 0 spiro atoms. The van der Waals surface area contributed by atoms with Gasteiger partial charge in [-0.3, -0.25) is 9.59 Å². The fourth-order valence-electron chi connectivity index (χ4n) is 2.71. The first-order valence-electron chi connectivity index (χ1n) is 8.51. The zero-order valence-electron chi connectivity index (χ0n) is 15.1. The first-order valence-corrected chi connectivity index (χ1v) is 9.33. The molecule has 0 saturated carbocycles. The number of benzene rings is 1. The highest BCUT2D eigenvalue weighted by Gasteiger charge is 2.18. The number of rotatable bonds is 4. The van der Waals surface area contributed by atoms with Crippen molar-refractivity contribution in [3.8, 4) is 22.0 Å². The lowest BCUT2D eigenvalue weighted by Crippen LogP contribution is -2.11. The molecule has 0 aliphatic heterocycles. The summed E-state index contributed by atoms with van der Waals surface area (Å²) < 4.78 is 5.59. The highest BCUT2D eigenvalue weighted by molar-refractivity contribution is 7.17. The van der Waals surface area contributed by atoms with Crippen molar-refractivity contribution in [2.75, 3.05) is 5.32 Å². The van der Waals surface area contributed by atoms with E-state index in [0.29, 0.717) is 32.7 Å². The average molecular weight is 392 g/mol. The van der Waals surface area contributed by atoms with Gasteiger partial charge in [-0.2, -0.15) is 5.10 Å². The van der Waals surface area contributed by atoms with Crippen LogP contribution in [0.5, 0.6) is 0 Å². The first kappa shape index (κ1) is 17.9. The summed E-state index contributed by atoms with van der Waals surface area (Å²) in [4.78, 5) is 28.9. The van der Waals surface area contributed by atoms with Gasteiger partial charge in [0.25, 0.3) is 11.5 Å². The number of hydrogen-bond acceptors (Lipinski definition) is 6. The summed E-state index contributed by atoms with van der Waals surface area (Å²) >= 11 is 1.29. The summed E-state index contributed by atoms with van der Waals surface area (Å²) in [5.74, 6) is 1.20. The third-order valence-electron chi connectivity index (χ3n) is 4.05. The monoisotopic (exact) mass is 392 g/mol. The number of H-pyrrole nitrogens is 1. The molecule has 0 fully saturated rings. The van der Waals surface area contributed by atoms with Crippen molar-refractivity contribution in [1.82, 2.24) is 15.2 Å². The van der Waals surface area contributed by atoms with Crippen LogP contribution in [0.1, 0.15) is 21.1 Å². The molecule has 4 rings (SSSR count). The van der Waals surface area contributed by atoms with Crippen LogP contribution < -0.4 is 10.9 Å². The Balaban J connectivity index is 1.57. The van der Waals surface area contributed by atoms with E-state index >= 15 is 0 Å². The van der Waals surface area contributed by atoms with Gasteiger partial charge in [0.1, 0.15) is 10.6 Å². The van der Waals surface area contributed by atoms with Crippen LogP contribution in [0.15, 0.2) is 57.7 Å². The number of thiazole rings is 1. The molecule has 0 aliphatic carbocycles. The zero-order valence-corrected chi connectivity index (χ0v) is 16.0. The predicted octanol–water partition coefficient (Wildman–Crippen LogP) is 4.02. The molecule has 140 valence electrons. The van der Waals surface area contributed by atoms with Crippen molar-refractivity contribution in [3.63, 3.8) is 0 Å². The van der Waals surface area contributed by atoms with Crippen LogP contribution in [0, 0.1) is 13.8 Å². The van der Waals surface area contributed by atoms with E-state index in [1.807, 2.05) is 31.2 Å². The number of aromatic nitrogens is 3. The standard InChI is InChI=1S/C20H16N4O3S/c1-11-6-8-16(27-11)20-21-12(2)18(28-20)19(26)22-14-5-3-4-13(10-14)15-7-9-17(25)24-23-15/h3-10H,1-2H3,(H,22,26)(H,24,25). The topological polar surface area (TPSA) is 101 Å². The smallest absolute Gasteiger partial charge is 0.267 e. The second-order valence-electron chi connectivity index (χ2n) is 6.19. The van der Waals surface area contributed by atoms with E-state index in [1.165, 1.54) is 17.4 Å². The lowest BCUT2D eigenvalue weighted by Gasteiger charge is -2.06. The van der Waals surface area contributed by atoms with E-state index in [0.717, 1.165) is 11.3 Å². The van der Waals surface area contributed by atoms with Crippen molar-refractivity contribution in [2.24, 2.45) is 0 Å². The largest absolute Gasteiger partial charge is 0.459 e. The van der Waals surface area contributed by atoms with E-state index in [1.54, 1.807) is 25.1 Å². The second kappa shape index (κ2) is 7.24. The number of furan rings is 1. The van der Waals surface area contributed by atoms with Crippen LogP contribution in [0.25, 0.3) is 22.0 Å². The molecular formula is C20H16N4O3S. The maximum absolute atomic E-state index is 12.7. The minimum absolute atomic E-state index is 0.240. The van der Waals surface area contributed by atoms with Crippen LogP contribution in [-0.4, -0.2) is 21.1 Å². The SMILES string of the molecule is Cc1ccc(-c2nc(C)c(C(=O)Nc3cccc(-c4ccc(=O)[nH]n4)c3)s2)o1. The van der Waals surface area contributed by atoms with Gasteiger partial charge in [0.05, 0.1) is 11.4 Å². The zero-order chi connectivity index (χ0) is 19.7. The third kappa shape index (κ3) is 3.63. The van der Waals surface area contributed by atoms with Gasteiger partial charge in [-0.25, -0.2) is 10.1 Å². The summed E-state index contributed by atoms with van der Waals surface area (Å²) in [6.45, 7) is 3.66. The van der Waals surface area contributed by atoms with Crippen LogP contribution in [0.2, 0.25) is 0 Å². The molecule has 8 heteroatoms. The molecule has 3 heterocycles. The second-order valence-corrected chi connectivity index (χ2v) is 7.18. The number of nitrogens with zero attached hydrogens (tertiary/aromatic N) is 2. The van der Waals surface area contributed by atoms with Gasteiger partial charge in [-0.15, -0.1) is 11.3 Å². The molecule has 1 aromatic carbocycles. The van der Waals surface area contributed by atoms with Crippen LogP contribution in [0.3, 0.4) is 0 Å². The Morgan fingerprint density at radius 3 is 2.71 bits per heavy atom. The molecule has 0 saturated heterocycles.